The molecule has 0 aliphatic carbocycles. The van der Waals surface area contributed by atoms with E-state index in [1.54, 1.807) is 30.5 Å². The number of thiocarbonyl (C=S) groups is 1. The van der Waals surface area contributed by atoms with Crippen molar-refractivity contribution in [1.29, 1.82) is 0 Å². The molecular weight excluding hydrogens is 436 g/mol. The van der Waals surface area contributed by atoms with Crippen LogP contribution in [-0.2, 0) is 14.8 Å². The lowest BCUT2D eigenvalue weighted by atomic mass is 10.2. The first-order valence-electron chi connectivity index (χ1n) is 10.5. The van der Waals surface area contributed by atoms with Gasteiger partial charge in [0.1, 0.15) is 5.76 Å². The number of nitrogens with zero attached hydrogens (tertiary/aromatic N) is 2. The van der Waals surface area contributed by atoms with Crippen molar-refractivity contribution in [2.45, 2.75) is 23.8 Å². The summed E-state index contributed by atoms with van der Waals surface area (Å²) in [5.41, 5.74) is 0.731. The Labute approximate surface area is 188 Å². The molecule has 3 heterocycles. The summed E-state index contributed by atoms with van der Waals surface area (Å²) in [6.07, 6.45) is 4.08. The Morgan fingerprint density at radius 2 is 1.77 bits per heavy atom. The lowest BCUT2D eigenvalue weighted by Crippen LogP contribution is -2.40. The van der Waals surface area contributed by atoms with Crippen molar-refractivity contribution in [1.82, 2.24) is 14.5 Å². The van der Waals surface area contributed by atoms with Crippen LogP contribution in [0.1, 0.15) is 24.6 Å². The van der Waals surface area contributed by atoms with Crippen LogP contribution >= 0.6 is 12.2 Å². The number of hydrogen-bond acceptors (Lipinski definition) is 6. The maximum atomic E-state index is 12.7. The number of furan rings is 1. The Morgan fingerprint density at radius 1 is 1.06 bits per heavy atom. The van der Waals surface area contributed by atoms with Gasteiger partial charge < -0.3 is 19.8 Å². The van der Waals surface area contributed by atoms with E-state index in [-0.39, 0.29) is 10.9 Å². The predicted molar refractivity (Wildman–Crippen MR) is 122 cm³/mol. The molecule has 8 nitrogen and oxygen atoms in total. The standard InChI is InChI=1S/C21H28N4O4S2/c26-31(27,25-11-14-28-15-12-25)18-7-5-17(6-8-18)23-21(30)22-16-19(20-4-3-13-29-20)24-9-1-2-10-24/h3-8,13,19H,1-2,9-12,14-16H2,(H2,22,23,30). The Balaban J connectivity index is 1.34. The second-order valence-corrected chi connectivity index (χ2v) is 10.00. The van der Waals surface area contributed by atoms with Gasteiger partial charge in [-0.15, -0.1) is 0 Å². The molecule has 168 valence electrons. The fourth-order valence-electron chi connectivity index (χ4n) is 3.95. The molecule has 2 fully saturated rings. The van der Waals surface area contributed by atoms with Gasteiger partial charge in [0.25, 0.3) is 0 Å². The molecule has 0 saturated carbocycles. The van der Waals surface area contributed by atoms with Crippen LogP contribution in [-0.4, -0.2) is 68.7 Å². The summed E-state index contributed by atoms with van der Waals surface area (Å²) in [6.45, 7) is 4.33. The van der Waals surface area contributed by atoms with E-state index in [4.69, 9.17) is 21.4 Å². The predicted octanol–water partition coefficient (Wildman–Crippen LogP) is 2.42. The van der Waals surface area contributed by atoms with E-state index in [2.05, 4.69) is 15.5 Å². The van der Waals surface area contributed by atoms with Gasteiger partial charge in [0, 0.05) is 25.3 Å². The van der Waals surface area contributed by atoms with Crippen LogP contribution in [0.25, 0.3) is 0 Å². The fraction of sp³-hybridized carbons (Fsp3) is 0.476. The summed E-state index contributed by atoms with van der Waals surface area (Å²) in [7, 11) is -3.50. The van der Waals surface area contributed by atoms with Gasteiger partial charge in [-0.25, -0.2) is 8.42 Å². The number of morpholine rings is 1. The zero-order valence-electron chi connectivity index (χ0n) is 17.3. The monoisotopic (exact) mass is 464 g/mol. The van der Waals surface area contributed by atoms with Crippen molar-refractivity contribution < 1.29 is 17.6 Å². The van der Waals surface area contributed by atoms with Crippen LogP contribution in [0.2, 0.25) is 0 Å². The summed E-state index contributed by atoms with van der Waals surface area (Å²) < 4.78 is 37.8. The average Bonchev–Trinajstić information content (AvgIpc) is 3.50. The van der Waals surface area contributed by atoms with E-state index in [0.717, 1.165) is 24.5 Å². The first kappa shape index (κ1) is 22.2. The fourth-order valence-corrected chi connectivity index (χ4v) is 5.56. The minimum Gasteiger partial charge on any atom is -0.468 e. The topological polar surface area (TPSA) is 87.0 Å². The number of ether oxygens (including phenoxy) is 1. The van der Waals surface area contributed by atoms with E-state index >= 15 is 0 Å². The molecule has 1 aromatic heterocycles. The minimum atomic E-state index is -3.50. The summed E-state index contributed by atoms with van der Waals surface area (Å²) in [6, 6.07) is 10.7. The van der Waals surface area contributed by atoms with E-state index in [1.165, 1.54) is 17.1 Å². The molecule has 2 saturated heterocycles. The van der Waals surface area contributed by atoms with E-state index < -0.39 is 10.0 Å². The van der Waals surface area contributed by atoms with Crippen LogP contribution in [0, 0.1) is 0 Å². The average molecular weight is 465 g/mol. The third-order valence-electron chi connectivity index (χ3n) is 5.63. The SMILES string of the molecule is O=S(=O)(c1ccc(NC(=S)NCC(c2ccco2)N2CCCC2)cc1)N1CCOCC1. The number of rotatable bonds is 7. The molecule has 1 unspecified atom stereocenters. The highest BCUT2D eigenvalue weighted by Gasteiger charge is 2.27. The van der Waals surface area contributed by atoms with E-state index in [9.17, 15) is 8.42 Å². The maximum absolute atomic E-state index is 12.7. The molecule has 2 aliphatic heterocycles. The van der Waals surface area contributed by atoms with Crippen molar-refractivity contribution in [2.75, 3.05) is 51.3 Å². The number of hydrogen-bond donors (Lipinski definition) is 2. The molecule has 2 N–H and O–H groups in total. The first-order chi connectivity index (χ1) is 15.0. The van der Waals surface area contributed by atoms with Crippen molar-refractivity contribution in [3.8, 4) is 0 Å². The van der Waals surface area contributed by atoms with Gasteiger partial charge in [-0.2, -0.15) is 4.31 Å². The highest BCUT2D eigenvalue weighted by Crippen LogP contribution is 2.25. The molecule has 0 amide bonds. The van der Waals surface area contributed by atoms with Gasteiger partial charge in [-0.1, -0.05) is 0 Å². The molecule has 0 radical (unpaired) electrons. The van der Waals surface area contributed by atoms with Gasteiger partial charge in [0.05, 0.1) is 30.4 Å². The largest absolute Gasteiger partial charge is 0.468 e. The zero-order valence-corrected chi connectivity index (χ0v) is 19.0. The van der Waals surface area contributed by atoms with Crippen LogP contribution < -0.4 is 10.6 Å². The quantitative estimate of drug-likeness (QED) is 0.604. The van der Waals surface area contributed by atoms with E-state index in [0.29, 0.717) is 38.0 Å². The third kappa shape index (κ3) is 5.45. The van der Waals surface area contributed by atoms with Gasteiger partial charge in [-0.3, -0.25) is 4.90 Å². The van der Waals surface area contributed by atoms with Crippen molar-refractivity contribution in [3.63, 3.8) is 0 Å². The number of sulfonamides is 1. The molecule has 0 bridgehead atoms. The summed E-state index contributed by atoms with van der Waals surface area (Å²) in [4.78, 5) is 2.67. The van der Waals surface area contributed by atoms with Crippen molar-refractivity contribution in [3.05, 3.63) is 48.4 Å². The lowest BCUT2D eigenvalue weighted by molar-refractivity contribution is 0.0730. The summed E-state index contributed by atoms with van der Waals surface area (Å²) in [5, 5.41) is 6.89. The second-order valence-electron chi connectivity index (χ2n) is 7.65. The summed E-state index contributed by atoms with van der Waals surface area (Å²) in [5.74, 6) is 0.926. The zero-order chi connectivity index (χ0) is 21.7. The summed E-state index contributed by atoms with van der Waals surface area (Å²) >= 11 is 5.46. The molecule has 10 heteroatoms. The van der Waals surface area contributed by atoms with Gasteiger partial charge in [0.15, 0.2) is 5.11 Å². The van der Waals surface area contributed by atoms with Crippen LogP contribution in [0.3, 0.4) is 0 Å². The van der Waals surface area contributed by atoms with Crippen molar-refractivity contribution >= 4 is 33.0 Å². The molecule has 2 aromatic rings. The van der Waals surface area contributed by atoms with Gasteiger partial charge in [0.2, 0.25) is 10.0 Å². The molecule has 2 aliphatic rings. The number of likely N-dealkylation sites (tertiary alicyclic amines) is 1. The molecule has 1 aromatic carbocycles. The Hall–Kier alpha value is -1.98. The van der Waals surface area contributed by atoms with Gasteiger partial charge >= 0.3 is 0 Å². The van der Waals surface area contributed by atoms with Crippen LogP contribution in [0.15, 0.2) is 52.0 Å². The first-order valence-corrected chi connectivity index (χ1v) is 12.4. The lowest BCUT2D eigenvalue weighted by Gasteiger charge is -2.26. The Morgan fingerprint density at radius 3 is 2.42 bits per heavy atom. The normalized spacial score (nSPS) is 19.2. The minimum absolute atomic E-state index is 0.123. The molecule has 31 heavy (non-hydrogen) atoms. The Bertz CT molecular complexity index is 952. The second kappa shape index (κ2) is 10.1. The molecule has 4 rings (SSSR count). The number of nitrogens with one attached hydrogen (secondary N) is 2. The Kier molecular flexibility index (Phi) is 7.24. The highest BCUT2D eigenvalue weighted by molar-refractivity contribution is 7.89. The third-order valence-corrected chi connectivity index (χ3v) is 7.79. The van der Waals surface area contributed by atoms with Crippen LogP contribution in [0.5, 0.6) is 0 Å². The molecule has 0 spiro atoms. The number of anilines is 1. The molecule has 1 atom stereocenters. The maximum Gasteiger partial charge on any atom is 0.243 e. The molecular formula is C21H28N4O4S2. The van der Waals surface area contributed by atoms with Crippen molar-refractivity contribution in [2.24, 2.45) is 0 Å². The van der Waals surface area contributed by atoms with Gasteiger partial charge in [-0.05, 0) is 74.5 Å². The van der Waals surface area contributed by atoms with Crippen LogP contribution in [0.4, 0.5) is 5.69 Å². The smallest absolute Gasteiger partial charge is 0.243 e. The number of benzene rings is 1. The van der Waals surface area contributed by atoms with E-state index in [1.807, 2.05) is 12.1 Å². The highest BCUT2D eigenvalue weighted by atomic mass is 32.2.